The molecule has 0 fully saturated rings. The van der Waals surface area contributed by atoms with Crippen molar-refractivity contribution >= 4 is 10.9 Å². The van der Waals surface area contributed by atoms with Gasteiger partial charge in [0.15, 0.2) is 11.4 Å². The van der Waals surface area contributed by atoms with Crippen molar-refractivity contribution in [2.75, 3.05) is 0 Å². The minimum absolute atomic E-state index is 0.00194. The lowest BCUT2D eigenvalue weighted by atomic mass is 10.2. The second-order valence-electron chi connectivity index (χ2n) is 3.64. The molecule has 2 N–H and O–H groups in total. The number of nitrogens with one attached hydrogen (secondary N) is 1. The van der Waals surface area contributed by atoms with Gasteiger partial charge in [-0.1, -0.05) is 0 Å². The van der Waals surface area contributed by atoms with Crippen LogP contribution in [0.15, 0.2) is 24.5 Å². The average Bonchev–Trinajstić information content (AvgIpc) is 2.77. The lowest BCUT2D eigenvalue weighted by molar-refractivity contribution is 0.479. The summed E-state index contributed by atoms with van der Waals surface area (Å²) < 4.78 is 0. The molecule has 6 nitrogen and oxygen atoms in total. The van der Waals surface area contributed by atoms with Crippen LogP contribution in [0.3, 0.4) is 0 Å². The second-order valence-corrected chi connectivity index (χ2v) is 3.64. The minimum Gasteiger partial charge on any atom is -0.504 e. The van der Waals surface area contributed by atoms with Crippen LogP contribution in [0.2, 0.25) is 0 Å². The maximum atomic E-state index is 10.1. The first kappa shape index (κ1) is 9.71. The fraction of sp³-hybridized carbons (Fsp3) is 0.0909. The normalized spacial score (nSPS) is 10.9. The largest absolute Gasteiger partial charge is 0.504 e. The number of nitrogens with zero attached hydrogens (tertiary/aromatic N) is 4. The molecule has 6 heteroatoms. The van der Waals surface area contributed by atoms with Gasteiger partial charge >= 0.3 is 0 Å². The second kappa shape index (κ2) is 3.51. The first-order valence-electron chi connectivity index (χ1n) is 5.08. The molecule has 0 atom stereocenters. The topological polar surface area (TPSA) is 87.6 Å². The number of hydrogen-bond acceptors (Lipinski definition) is 5. The first-order valence-corrected chi connectivity index (χ1v) is 5.08. The van der Waals surface area contributed by atoms with Gasteiger partial charge in [0, 0.05) is 17.8 Å². The van der Waals surface area contributed by atoms with Gasteiger partial charge in [-0.05, 0) is 19.1 Å². The van der Waals surface area contributed by atoms with Gasteiger partial charge in [-0.2, -0.15) is 5.10 Å². The maximum absolute atomic E-state index is 10.1. The number of hydrogen-bond donors (Lipinski definition) is 2. The zero-order valence-electron chi connectivity index (χ0n) is 9.05. The molecule has 3 heterocycles. The molecular weight excluding hydrogens is 218 g/mol. The van der Waals surface area contributed by atoms with Crippen LogP contribution in [-0.2, 0) is 0 Å². The molecule has 0 amide bonds. The molecule has 3 aromatic rings. The first-order chi connectivity index (χ1) is 8.25. The van der Waals surface area contributed by atoms with Gasteiger partial charge in [0.2, 0.25) is 5.82 Å². The van der Waals surface area contributed by atoms with Gasteiger partial charge in [-0.25, -0.2) is 9.97 Å². The lowest BCUT2D eigenvalue weighted by Crippen LogP contribution is -1.90. The number of aryl methyl sites for hydroxylation is 1. The van der Waals surface area contributed by atoms with Crippen LogP contribution in [0, 0.1) is 6.92 Å². The Kier molecular flexibility index (Phi) is 2.01. The van der Waals surface area contributed by atoms with Crippen LogP contribution >= 0.6 is 0 Å². The standard InChI is InChI=1S/C11H9N5O/c1-6-14-11(16-15-6)9-10(17)8-7(5-13-9)3-2-4-12-8/h2-5,17H,1H3,(H,14,15,16). The Hall–Kier alpha value is -2.50. The molecule has 17 heavy (non-hydrogen) atoms. The predicted octanol–water partition coefficient (Wildman–Crippen LogP) is 1.43. The van der Waals surface area contributed by atoms with E-state index < -0.39 is 0 Å². The number of aromatic nitrogens is 5. The molecule has 0 bridgehead atoms. The van der Waals surface area contributed by atoms with Crippen molar-refractivity contribution in [3.8, 4) is 17.3 Å². The van der Waals surface area contributed by atoms with Gasteiger partial charge in [0.1, 0.15) is 11.3 Å². The Labute approximate surface area is 96.4 Å². The summed E-state index contributed by atoms with van der Waals surface area (Å²) in [6.45, 7) is 1.78. The van der Waals surface area contributed by atoms with E-state index >= 15 is 0 Å². The summed E-state index contributed by atoms with van der Waals surface area (Å²) in [4.78, 5) is 12.4. The van der Waals surface area contributed by atoms with Gasteiger partial charge in [0.25, 0.3) is 0 Å². The lowest BCUT2D eigenvalue weighted by Gasteiger charge is -2.02. The fourth-order valence-electron chi connectivity index (χ4n) is 1.64. The summed E-state index contributed by atoms with van der Waals surface area (Å²) in [5.41, 5.74) is 0.834. The number of aromatic amines is 1. The van der Waals surface area contributed by atoms with E-state index in [1.165, 1.54) is 0 Å². The fourth-order valence-corrected chi connectivity index (χ4v) is 1.64. The van der Waals surface area contributed by atoms with Crippen molar-refractivity contribution < 1.29 is 5.11 Å². The number of pyridine rings is 2. The Bertz CT molecular complexity index is 691. The molecule has 0 aliphatic heterocycles. The van der Waals surface area contributed by atoms with E-state index in [4.69, 9.17) is 0 Å². The Morgan fingerprint density at radius 1 is 1.29 bits per heavy atom. The van der Waals surface area contributed by atoms with E-state index in [-0.39, 0.29) is 5.75 Å². The molecule has 0 saturated carbocycles. The molecular formula is C11H9N5O. The van der Waals surface area contributed by atoms with E-state index in [0.29, 0.717) is 22.9 Å². The SMILES string of the molecule is Cc1nc(-c2ncc3cccnc3c2O)n[nH]1. The average molecular weight is 227 g/mol. The van der Waals surface area contributed by atoms with Crippen molar-refractivity contribution in [3.63, 3.8) is 0 Å². The van der Waals surface area contributed by atoms with Crippen LogP contribution in [0.25, 0.3) is 22.4 Å². The van der Waals surface area contributed by atoms with Gasteiger partial charge in [0.05, 0.1) is 0 Å². The zero-order valence-corrected chi connectivity index (χ0v) is 9.05. The molecule has 3 rings (SSSR count). The highest BCUT2D eigenvalue weighted by Gasteiger charge is 2.14. The third kappa shape index (κ3) is 1.50. The smallest absolute Gasteiger partial charge is 0.203 e. The van der Waals surface area contributed by atoms with Crippen molar-refractivity contribution in [1.29, 1.82) is 0 Å². The minimum atomic E-state index is 0.00194. The monoisotopic (exact) mass is 227 g/mol. The molecule has 3 aromatic heterocycles. The van der Waals surface area contributed by atoms with Crippen molar-refractivity contribution in [2.24, 2.45) is 0 Å². The predicted molar refractivity (Wildman–Crippen MR) is 61.3 cm³/mol. The Morgan fingerprint density at radius 2 is 2.18 bits per heavy atom. The van der Waals surface area contributed by atoms with E-state index in [2.05, 4.69) is 25.1 Å². The van der Waals surface area contributed by atoms with E-state index in [1.54, 1.807) is 25.4 Å². The van der Waals surface area contributed by atoms with E-state index in [0.717, 1.165) is 5.39 Å². The zero-order chi connectivity index (χ0) is 11.8. The molecule has 0 aromatic carbocycles. The van der Waals surface area contributed by atoms with Crippen molar-refractivity contribution in [1.82, 2.24) is 25.1 Å². The number of rotatable bonds is 1. The molecule has 0 aliphatic rings. The van der Waals surface area contributed by atoms with E-state index in [9.17, 15) is 5.11 Å². The Morgan fingerprint density at radius 3 is 2.94 bits per heavy atom. The highest BCUT2D eigenvalue weighted by atomic mass is 16.3. The third-order valence-corrected chi connectivity index (χ3v) is 2.43. The van der Waals surface area contributed by atoms with Crippen molar-refractivity contribution in [2.45, 2.75) is 6.92 Å². The van der Waals surface area contributed by atoms with Crippen LogP contribution in [-0.4, -0.2) is 30.3 Å². The summed E-state index contributed by atoms with van der Waals surface area (Å²) in [5.74, 6) is 1.04. The highest BCUT2D eigenvalue weighted by molar-refractivity contribution is 5.88. The van der Waals surface area contributed by atoms with Crippen molar-refractivity contribution in [3.05, 3.63) is 30.4 Å². The van der Waals surface area contributed by atoms with Crippen LogP contribution in [0.4, 0.5) is 0 Å². The molecule has 0 saturated heterocycles. The quantitative estimate of drug-likeness (QED) is 0.656. The number of H-pyrrole nitrogens is 1. The molecule has 0 spiro atoms. The third-order valence-electron chi connectivity index (χ3n) is 2.43. The summed E-state index contributed by atoms with van der Waals surface area (Å²) in [7, 11) is 0. The molecule has 0 unspecified atom stereocenters. The van der Waals surface area contributed by atoms with Gasteiger partial charge in [-0.15, -0.1) is 0 Å². The van der Waals surface area contributed by atoms with E-state index in [1.807, 2.05) is 6.07 Å². The summed E-state index contributed by atoms with van der Waals surface area (Å²) in [6.07, 6.45) is 3.26. The summed E-state index contributed by atoms with van der Waals surface area (Å²) in [6, 6.07) is 3.63. The Balaban J connectivity index is 2.28. The van der Waals surface area contributed by atoms with Crippen LogP contribution in [0.1, 0.15) is 5.82 Å². The number of fused-ring (bicyclic) bond motifs is 1. The highest BCUT2D eigenvalue weighted by Crippen LogP contribution is 2.30. The summed E-state index contributed by atoms with van der Waals surface area (Å²) >= 11 is 0. The van der Waals surface area contributed by atoms with Crippen LogP contribution in [0.5, 0.6) is 5.75 Å². The molecule has 0 aliphatic carbocycles. The number of aromatic hydroxyl groups is 1. The summed E-state index contributed by atoms with van der Waals surface area (Å²) in [5, 5.41) is 17.5. The van der Waals surface area contributed by atoms with Gasteiger partial charge in [-0.3, -0.25) is 10.1 Å². The van der Waals surface area contributed by atoms with Gasteiger partial charge < -0.3 is 5.11 Å². The molecule has 0 radical (unpaired) electrons. The van der Waals surface area contributed by atoms with Crippen LogP contribution < -0.4 is 0 Å². The molecule has 84 valence electrons. The maximum Gasteiger partial charge on any atom is 0.203 e.